The molecule has 0 aliphatic carbocycles. The molecule has 172 valence electrons. The van der Waals surface area contributed by atoms with Crippen LogP contribution in [-0.4, -0.2) is 46.7 Å². The summed E-state index contributed by atoms with van der Waals surface area (Å²) in [5.41, 5.74) is 2.25. The molecule has 0 atom stereocenters. The van der Waals surface area contributed by atoms with Crippen LogP contribution in [0.3, 0.4) is 0 Å². The van der Waals surface area contributed by atoms with Crippen LogP contribution in [0.25, 0.3) is 0 Å². The quantitative estimate of drug-likeness (QED) is 0.387. The molecule has 0 radical (unpaired) electrons. The minimum absolute atomic E-state index is 0.0424. The molecule has 4 N–H and O–H groups in total. The zero-order valence-corrected chi connectivity index (χ0v) is 18.4. The number of ether oxygens (including phenoxy) is 1. The first kappa shape index (κ1) is 22.6. The Labute approximate surface area is 193 Å². The molecule has 1 amide bonds. The summed E-state index contributed by atoms with van der Waals surface area (Å²) in [4.78, 5) is 14.6. The van der Waals surface area contributed by atoms with E-state index in [2.05, 4.69) is 15.5 Å². The summed E-state index contributed by atoms with van der Waals surface area (Å²) in [6, 6.07) is 22.1. The fourth-order valence-corrected chi connectivity index (χ4v) is 3.94. The molecule has 1 aliphatic heterocycles. The lowest BCUT2D eigenvalue weighted by Gasteiger charge is -2.32. The number of anilines is 2. The molecule has 33 heavy (non-hydrogen) atoms. The number of rotatable bonds is 8. The van der Waals surface area contributed by atoms with Gasteiger partial charge in [-0.2, -0.15) is 0 Å². The minimum atomic E-state index is -0.130. The summed E-state index contributed by atoms with van der Waals surface area (Å²) in [6.07, 6.45) is 1.79. The standard InChI is InChI=1S/C26H29N3O4/c30-18-19-16-22(31)8-11-25(19)27-21-12-14-29(15-13-21)17-26(32)28-20-6-9-24(10-7-20)33-23-4-2-1-3-5-23/h1-11,16,21,27,30-31H,12-15,17-18H2,(H,28,32). The second-order valence-corrected chi connectivity index (χ2v) is 8.18. The molecule has 1 fully saturated rings. The largest absolute Gasteiger partial charge is 0.508 e. The van der Waals surface area contributed by atoms with Gasteiger partial charge in [0.05, 0.1) is 13.2 Å². The van der Waals surface area contributed by atoms with Crippen molar-refractivity contribution in [1.82, 2.24) is 4.90 Å². The summed E-state index contributed by atoms with van der Waals surface area (Å²) in [5.74, 6) is 1.58. The molecule has 1 heterocycles. The Bertz CT molecular complexity index is 1050. The van der Waals surface area contributed by atoms with Crippen LogP contribution in [0.5, 0.6) is 17.2 Å². The number of phenolic OH excluding ortho intramolecular Hbond substituents is 1. The van der Waals surface area contributed by atoms with Crippen LogP contribution in [0.2, 0.25) is 0 Å². The third kappa shape index (κ3) is 6.47. The average molecular weight is 448 g/mol. The Balaban J connectivity index is 1.22. The molecule has 0 bridgehead atoms. The number of hydrogen-bond acceptors (Lipinski definition) is 6. The number of likely N-dealkylation sites (tertiary alicyclic amines) is 1. The number of aliphatic hydroxyl groups is 1. The second kappa shape index (κ2) is 10.8. The summed E-state index contributed by atoms with van der Waals surface area (Å²) >= 11 is 0. The number of hydrogen-bond donors (Lipinski definition) is 4. The van der Waals surface area contributed by atoms with Gasteiger partial charge in [-0.25, -0.2) is 0 Å². The monoisotopic (exact) mass is 447 g/mol. The van der Waals surface area contributed by atoms with Crippen molar-refractivity contribution in [3.8, 4) is 17.2 Å². The fourth-order valence-electron chi connectivity index (χ4n) is 3.94. The first-order chi connectivity index (χ1) is 16.1. The number of aliphatic hydroxyl groups excluding tert-OH is 1. The molecule has 0 saturated carbocycles. The molecular weight excluding hydrogens is 418 g/mol. The maximum absolute atomic E-state index is 12.5. The van der Waals surface area contributed by atoms with E-state index in [0.717, 1.165) is 43.1 Å². The van der Waals surface area contributed by atoms with Gasteiger partial charge in [-0.1, -0.05) is 18.2 Å². The normalized spacial score (nSPS) is 14.6. The highest BCUT2D eigenvalue weighted by atomic mass is 16.5. The Morgan fingerprint density at radius 2 is 1.67 bits per heavy atom. The van der Waals surface area contributed by atoms with Gasteiger partial charge in [-0.3, -0.25) is 9.69 Å². The zero-order valence-electron chi connectivity index (χ0n) is 18.4. The van der Waals surface area contributed by atoms with Crippen molar-refractivity contribution in [2.75, 3.05) is 30.3 Å². The van der Waals surface area contributed by atoms with Crippen molar-refractivity contribution >= 4 is 17.3 Å². The topological polar surface area (TPSA) is 94.1 Å². The van der Waals surface area contributed by atoms with E-state index in [1.54, 1.807) is 18.2 Å². The number of aromatic hydroxyl groups is 1. The molecule has 7 heteroatoms. The van der Waals surface area contributed by atoms with Crippen molar-refractivity contribution in [2.24, 2.45) is 0 Å². The minimum Gasteiger partial charge on any atom is -0.508 e. The van der Waals surface area contributed by atoms with Gasteiger partial charge in [0, 0.05) is 36.1 Å². The maximum Gasteiger partial charge on any atom is 0.238 e. The molecule has 3 aromatic rings. The third-order valence-electron chi connectivity index (χ3n) is 5.69. The Morgan fingerprint density at radius 3 is 2.36 bits per heavy atom. The molecular formula is C26H29N3O4. The number of carbonyl (C=O) groups is 1. The number of phenols is 1. The van der Waals surface area contributed by atoms with E-state index in [9.17, 15) is 15.0 Å². The van der Waals surface area contributed by atoms with Crippen LogP contribution in [0, 0.1) is 0 Å². The Kier molecular flexibility index (Phi) is 7.44. The van der Waals surface area contributed by atoms with Gasteiger partial charge in [0.1, 0.15) is 17.2 Å². The number of amides is 1. The van der Waals surface area contributed by atoms with E-state index < -0.39 is 0 Å². The van der Waals surface area contributed by atoms with Crippen LogP contribution in [-0.2, 0) is 11.4 Å². The maximum atomic E-state index is 12.5. The molecule has 4 rings (SSSR count). The molecule has 0 spiro atoms. The first-order valence-electron chi connectivity index (χ1n) is 11.1. The molecule has 1 saturated heterocycles. The summed E-state index contributed by atoms with van der Waals surface area (Å²) in [7, 11) is 0. The highest BCUT2D eigenvalue weighted by Gasteiger charge is 2.21. The van der Waals surface area contributed by atoms with Gasteiger partial charge in [0.2, 0.25) is 5.91 Å². The Morgan fingerprint density at radius 1 is 0.970 bits per heavy atom. The van der Waals surface area contributed by atoms with Gasteiger partial charge in [0.15, 0.2) is 0 Å². The fraction of sp³-hybridized carbons (Fsp3) is 0.269. The summed E-state index contributed by atoms with van der Waals surface area (Å²) in [6.45, 7) is 1.83. The molecule has 0 aromatic heterocycles. The predicted octanol–water partition coefficient (Wildman–Crippen LogP) is 4.19. The van der Waals surface area contributed by atoms with E-state index in [1.807, 2.05) is 54.6 Å². The smallest absolute Gasteiger partial charge is 0.238 e. The lowest BCUT2D eigenvalue weighted by molar-refractivity contribution is -0.117. The van der Waals surface area contributed by atoms with Crippen molar-refractivity contribution in [3.05, 3.63) is 78.4 Å². The van der Waals surface area contributed by atoms with Crippen LogP contribution >= 0.6 is 0 Å². The van der Waals surface area contributed by atoms with Crippen LogP contribution in [0.4, 0.5) is 11.4 Å². The van der Waals surface area contributed by atoms with Crippen molar-refractivity contribution in [2.45, 2.75) is 25.5 Å². The van der Waals surface area contributed by atoms with Gasteiger partial charge in [0.25, 0.3) is 0 Å². The second-order valence-electron chi connectivity index (χ2n) is 8.18. The van der Waals surface area contributed by atoms with Crippen molar-refractivity contribution in [1.29, 1.82) is 0 Å². The van der Waals surface area contributed by atoms with Gasteiger partial charge >= 0.3 is 0 Å². The average Bonchev–Trinajstić information content (AvgIpc) is 2.83. The lowest BCUT2D eigenvalue weighted by atomic mass is 10.0. The van der Waals surface area contributed by atoms with E-state index in [1.165, 1.54) is 0 Å². The van der Waals surface area contributed by atoms with Crippen LogP contribution < -0.4 is 15.4 Å². The van der Waals surface area contributed by atoms with E-state index in [-0.39, 0.29) is 24.3 Å². The SMILES string of the molecule is O=C(CN1CCC(Nc2ccc(O)cc2CO)CC1)Nc1ccc(Oc2ccccc2)cc1. The number of carbonyl (C=O) groups excluding carboxylic acids is 1. The third-order valence-corrected chi connectivity index (χ3v) is 5.69. The van der Waals surface area contributed by atoms with Gasteiger partial charge in [-0.05, 0) is 67.4 Å². The van der Waals surface area contributed by atoms with E-state index in [4.69, 9.17) is 4.74 Å². The molecule has 3 aromatic carbocycles. The lowest BCUT2D eigenvalue weighted by Crippen LogP contribution is -2.42. The first-order valence-corrected chi connectivity index (χ1v) is 11.1. The van der Waals surface area contributed by atoms with E-state index in [0.29, 0.717) is 17.9 Å². The van der Waals surface area contributed by atoms with Crippen LogP contribution in [0.1, 0.15) is 18.4 Å². The number of nitrogens with one attached hydrogen (secondary N) is 2. The number of benzene rings is 3. The predicted molar refractivity (Wildman–Crippen MR) is 129 cm³/mol. The van der Waals surface area contributed by atoms with Crippen LogP contribution in [0.15, 0.2) is 72.8 Å². The molecule has 1 aliphatic rings. The number of para-hydroxylation sites is 1. The van der Waals surface area contributed by atoms with E-state index >= 15 is 0 Å². The molecule has 7 nitrogen and oxygen atoms in total. The molecule has 0 unspecified atom stereocenters. The summed E-state index contributed by atoms with van der Waals surface area (Å²) < 4.78 is 5.78. The van der Waals surface area contributed by atoms with Crippen molar-refractivity contribution < 1.29 is 19.7 Å². The zero-order chi connectivity index (χ0) is 23.0. The number of piperidine rings is 1. The van der Waals surface area contributed by atoms with Gasteiger partial charge < -0.3 is 25.6 Å². The Hall–Kier alpha value is -3.55. The van der Waals surface area contributed by atoms with Gasteiger partial charge in [-0.15, -0.1) is 0 Å². The summed E-state index contributed by atoms with van der Waals surface area (Å²) in [5, 5.41) is 25.5. The number of nitrogens with zero attached hydrogens (tertiary/aromatic N) is 1. The highest BCUT2D eigenvalue weighted by molar-refractivity contribution is 5.92. The highest BCUT2D eigenvalue weighted by Crippen LogP contribution is 2.25. The van der Waals surface area contributed by atoms with Crippen molar-refractivity contribution in [3.63, 3.8) is 0 Å².